The van der Waals surface area contributed by atoms with Crippen molar-refractivity contribution in [2.45, 2.75) is 42.7 Å². The van der Waals surface area contributed by atoms with Gasteiger partial charge in [-0.05, 0) is 49.9 Å². The second-order valence-corrected chi connectivity index (χ2v) is 10.0. The van der Waals surface area contributed by atoms with Gasteiger partial charge in [-0.15, -0.1) is 0 Å². The second kappa shape index (κ2) is 7.19. The van der Waals surface area contributed by atoms with E-state index in [-0.39, 0.29) is 28.9 Å². The van der Waals surface area contributed by atoms with Gasteiger partial charge >= 0.3 is 0 Å². The zero-order chi connectivity index (χ0) is 21.8. The minimum absolute atomic E-state index is 0.126. The number of rotatable bonds is 4. The van der Waals surface area contributed by atoms with Crippen molar-refractivity contribution in [3.63, 3.8) is 0 Å². The van der Waals surface area contributed by atoms with Gasteiger partial charge < -0.3 is 4.74 Å². The van der Waals surface area contributed by atoms with E-state index >= 15 is 0 Å². The van der Waals surface area contributed by atoms with Crippen LogP contribution in [0.3, 0.4) is 0 Å². The summed E-state index contributed by atoms with van der Waals surface area (Å²) in [5.74, 6) is -0.176. The second-order valence-electron chi connectivity index (χ2n) is 8.07. The van der Waals surface area contributed by atoms with E-state index in [9.17, 15) is 18.0 Å². The number of fused-ring (bicyclic) bond motifs is 2. The van der Waals surface area contributed by atoms with E-state index in [1.54, 1.807) is 36.4 Å². The number of aromatic nitrogens is 2. The van der Waals surface area contributed by atoms with Gasteiger partial charge in [-0.25, -0.2) is 8.42 Å². The van der Waals surface area contributed by atoms with Gasteiger partial charge in [-0.3, -0.25) is 19.6 Å². The van der Waals surface area contributed by atoms with Gasteiger partial charge in [0.05, 0.1) is 28.9 Å². The number of H-pyrrole nitrogens is 1. The first kappa shape index (κ1) is 19.7. The molecule has 1 aliphatic heterocycles. The molecular formula is C22H21N3O5S. The normalized spacial score (nSPS) is 21.5. The molecule has 1 fully saturated rings. The number of hydrogen-bond donors (Lipinski definition) is 1. The van der Waals surface area contributed by atoms with E-state index in [1.165, 1.54) is 11.1 Å². The van der Waals surface area contributed by atoms with Gasteiger partial charge in [0.1, 0.15) is 10.6 Å². The number of nitrogens with zero attached hydrogens (tertiary/aromatic N) is 2. The number of benzene rings is 2. The van der Waals surface area contributed by atoms with Crippen LogP contribution in [0.2, 0.25) is 0 Å². The third-order valence-corrected chi connectivity index (χ3v) is 7.20. The molecule has 31 heavy (non-hydrogen) atoms. The van der Waals surface area contributed by atoms with E-state index in [0.717, 1.165) is 6.26 Å². The van der Waals surface area contributed by atoms with Crippen LogP contribution in [0.4, 0.5) is 0 Å². The number of amides is 2. The van der Waals surface area contributed by atoms with E-state index in [4.69, 9.17) is 4.74 Å². The molecular weight excluding hydrogens is 418 g/mol. The molecule has 2 heterocycles. The standard InChI is InChI=1S/C22H21N3O5S/c1-31(28,29)20-17-12-23-24-18(17)10-11-19(20)30-14-8-6-13(7-9-14)25-21(26)15-4-2-3-5-16(15)22(25)27/h2-5,10-14H,6-9H2,1H3,(H,23,24)/t13-,14+. The Hall–Kier alpha value is -3.20. The Kier molecular flexibility index (Phi) is 4.58. The molecule has 0 atom stereocenters. The number of ether oxygens (including phenoxy) is 1. The predicted molar refractivity (Wildman–Crippen MR) is 113 cm³/mol. The summed E-state index contributed by atoms with van der Waals surface area (Å²) in [6.45, 7) is 0. The highest BCUT2D eigenvalue weighted by Crippen LogP contribution is 2.36. The van der Waals surface area contributed by atoms with Crippen LogP contribution in [0.1, 0.15) is 46.4 Å². The fraction of sp³-hybridized carbons (Fsp3) is 0.318. The highest BCUT2D eigenvalue weighted by Gasteiger charge is 2.41. The smallest absolute Gasteiger partial charge is 0.261 e. The van der Waals surface area contributed by atoms with E-state index < -0.39 is 9.84 Å². The molecule has 0 unspecified atom stereocenters. The minimum atomic E-state index is -3.53. The number of hydrogen-bond acceptors (Lipinski definition) is 6. The maximum absolute atomic E-state index is 12.7. The van der Waals surface area contributed by atoms with Gasteiger partial charge in [0.15, 0.2) is 9.84 Å². The van der Waals surface area contributed by atoms with Crippen LogP contribution < -0.4 is 4.74 Å². The van der Waals surface area contributed by atoms with Crippen LogP contribution in [0.15, 0.2) is 47.5 Å². The zero-order valence-corrected chi connectivity index (χ0v) is 17.7. The van der Waals surface area contributed by atoms with Gasteiger partial charge in [-0.2, -0.15) is 5.10 Å². The van der Waals surface area contributed by atoms with Gasteiger partial charge in [0.25, 0.3) is 11.8 Å². The highest BCUT2D eigenvalue weighted by molar-refractivity contribution is 7.91. The molecule has 2 aromatic carbocycles. The van der Waals surface area contributed by atoms with Crippen LogP contribution in [0, 0.1) is 0 Å². The quantitative estimate of drug-likeness (QED) is 0.626. The molecule has 1 aromatic heterocycles. The number of carbonyl (C=O) groups is 2. The summed E-state index contributed by atoms with van der Waals surface area (Å²) in [5.41, 5.74) is 1.54. The van der Waals surface area contributed by atoms with Crippen LogP contribution in [0.5, 0.6) is 5.75 Å². The SMILES string of the molecule is CS(=O)(=O)c1c(O[C@H]2CC[C@@H](N3C(=O)c4ccccc4C3=O)CC2)ccc2[nH]ncc12. The Labute approximate surface area is 179 Å². The number of imide groups is 1. The van der Waals surface area contributed by atoms with Gasteiger partial charge in [0, 0.05) is 17.7 Å². The van der Waals surface area contributed by atoms with Gasteiger partial charge in [0.2, 0.25) is 0 Å². The topological polar surface area (TPSA) is 109 Å². The highest BCUT2D eigenvalue weighted by atomic mass is 32.2. The van der Waals surface area contributed by atoms with E-state index in [2.05, 4.69) is 10.2 Å². The Balaban J connectivity index is 1.33. The number of nitrogens with one attached hydrogen (secondary N) is 1. The minimum Gasteiger partial charge on any atom is -0.489 e. The summed E-state index contributed by atoms with van der Waals surface area (Å²) in [5, 5.41) is 7.21. The molecule has 2 aliphatic rings. The summed E-state index contributed by atoms with van der Waals surface area (Å²) in [6, 6.07) is 10.1. The molecule has 160 valence electrons. The molecule has 3 aromatic rings. The Bertz CT molecular complexity index is 1270. The fourth-order valence-electron chi connectivity index (χ4n) is 4.59. The number of sulfone groups is 1. The lowest BCUT2D eigenvalue weighted by molar-refractivity contribution is 0.0476. The molecule has 0 saturated heterocycles. The van der Waals surface area contributed by atoms with Crippen molar-refractivity contribution in [3.05, 3.63) is 53.7 Å². The van der Waals surface area contributed by atoms with Crippen LogP contribution in [-0.2, 0) is 9.84 Å². The third-order valence-electron chi connectivity index (χ3n) is 6.04. The molecule has 5 rings (SSSR count). The largest absolute Gasteiger partial charge is 0.489 e. The molecule has 1 N–H and O–H groups in total. The van der Waals surface area contributed by atoms with Gasteiger partial charge in [-0.1, -0.05) is 12.1 Å². The number of aromatic amines is 1. The van der Waals surface area contributed by atoms with E-state index in [0.29, 0.717) is 53.5 Å². The summed E-state index contributed by atoms with van der Waals surface area (Å²) in [7, 11) is -3.53. The lowest BCUT2D eigenvalue weighted by atomic mass is 9.91. The molecule has 1 aliphatic carbocycles. The predicted octanol–water partition coefficient (Wildman–Crippen LogP) is 2.95. The molecule has 9 heteroatoms. The Morgan fingerprint density at radius 1 is 1.00 bits per heavy atom. The monoisotopic (exact) mass is 439 g/mol. The fourth-order valence-corrected chi connectivity index (χ4v) is 5.63. The molecule has 2 amide bonds. The van der Waals surface area contributed by atoms with Crippen LogP contribution in [-0.4, -0.2) is 53.7 Å². The average Bonchev–Trinajstić information content (AvgIpc) is 3.31. The maximum Gasteiger partial charge on any atom is 0.261 e. The van der Waals surface area contributed by atoms with Crippen molar-refractivity contribution in [1.29, 1.82) is 0 Å². The summed E-state index contributed by atoms with van der Waals surface area (Å²) < 4.78 is 30.9. The summed E-state index contributed by atoms with van der Waals surface area (Å²) >= 11 is 0. The maximum atomic E-state index is 12.7. The van der Waals surface area contributed by atoms with Crippen LogP contribution >= 0.6 is 0 Å². The van der Waals surface area contributed by atoms with Crippen molar-refractivity contribution in [2.75, 3.05) is 6.26 Å². The van der Waals surface area contributed by atoms with Crippen molar-refractivity contribution in [1.82, 2.24) is 15.1 Å². The van der Waals surface area contributed by atoms with Crippen molar-refractivity contribution >= 4 is 32.6 Å². The molecule has 0 radical (unpaired) electrons. The first-order valence-electron chi connectivity index (χ1n) is 10.1. The summed E-state index contributed by atoms with van der Waals surface area (Å²) in [4.78, 5) is 27.0. The first-order chi connectivity index (χ1) is 14.8. The zero-order valence-electron chi connectivity index (χ0n) is 16.9. The lowest BCUT2D eigenvalue weighted by Crippen LogP contribution is -2.43. The van der Waals surface area contributed by atoms with Crippen LogP contribution in [0.25, 0.3) is 10.9 Å². The Morgan fingerprint density at radius 3 is 2.26 bits per heavy atom. The molecule has 1 saturated carbocycles. The van der Waals surface area contributed by atoms with Crippen molar-refractivity contribution in [3.8, 4) is 5.75 Å². The summed E-state index contributed by atoms with van der Waals surface area (Å²) in [6.07, 6.45) is 4.89. The molecule has 0 bridgehead atoms. The lowest BCUT2D eigenvalue weighted by Gasteiger charge is -2.33. The van der Waals surface area contributed by atoms with Crippen molar-refractivity contribution < 1.29 is 22.7 Å². The third kappa shape index (κ3) is 3.29. The molecule has 8 nitrogen and oxygen atoms in total. The average molecular weight is 439 g/mol. The number of carbonyl (C=O) groups excluding carboxylic acids is 2. The Morgan fingerprint density at radius 2 is 1.65 bits per heavy atom. The molecule has 0 spiro atoms. The van der Waals surface area contributed by atoms with E-state index in [1.807, 2.05) is 0 Å². The first-order valence-corrected chi connectivity index (χ1v) is 12.0. The van der Waals surface area contributed by atoms with Crippen molar-refractivity contribution in [2.24, 2.45) is 0 Å².